The van der Waals surface area contributed by atoms with E-state index in [1.807, 2.05) is 6.92 Å². The quantitative estimate of drug-likeness (QED) is 0.706. The van der Waals surface area contributed by atoms with Crippen LogP contribution in [0.5, 0.6) is 0 Å². The Morgan fingerprint density at radius 2 is 2.25 bits per heavy atom. The van der Waals surface area contributed by atoms with E-state index in [4.69, 9.17) is 10.5 Å². The summed E-state index contributed by atoms with van der Waals surface area (Å²) in [6.07, 6.45) is 1.65. The number of likely N-dealkylation sites (N-methyl/N-ethyl adjacent to an activating group) is 1. The molecular formula is C10H15N3O3. The van der Waals surface area contributed by atoms with Gasteiger partial charge in [-0.15, -0.1) is 0 Å². The van der Waals surface area contributed by atoms with Crippen LogP contribution in [0.2, 0.25) is 0 Å². The molecular weight excluding hydrogens is 210 g/mol. The van der Waals surface area contributed by atoms with E-state index in [0.717, 1.165) is 0 Å². The third-order valence-electron chi connectivity index (χ3n) is 2.08. The third-order valence-corrected chi connectivity index (χ3v) is 2.08. The molecule has 0 bridgehead atoms. The zero-order valence-corrected chi connectivity index (χ0v) is 9.32. The number of ether oxygens (including phenoxy) is 1. The Morgan fingerprint density at radius 1 is 1.56 bits per heavy atom. The number of amides is 1. The molecule has 1 amide bonds. The Morgan fingerprint density at radius 3 is 2.81 bits per heavy atom. The monoisotopic (exact) mass is 225 g/mol. The molecule has 6 nitrogen and oxygen atoms in total. The molecule has 1 heterocycles. The van der Waals surface area contributed by atoms with E-state index >= 15 is 0 Å². The maximum absolute atomic E-state index is 11.6. The molecule has 1 aromatic rings. The highest BCUT2D eigenvalue weighted by atomic mass is 16.5. The van der Waals surface area contributed by atoms with Crippen molar-refractivity contribution in [2.24, 2.45) is 0 Å². The fourth-order valence-corrected chi connectivity index (χ4v) is 1.24. The van der Waals surface area contributed by atoms with Crippen molar-refractivity contribution in [3.63, 3.8) is 0 Å². The Labute approximate surface area is 93.4 Å². The Balaban J connectivity index is 2.68. The van der Waals surface area contributed by atoms with Gasteiger partial charge in [-0.2, -0.15) is 0 Å². The van der Waals surface area contributed by atoms with Gasteiger partial charge in [-0.05, 0) is 13.0 Å². The maximum atomic E-state index is 11.6. The van der Waals surface area contributed by atoms with Crippen molar-refractivity contribution in [3.8, 4) is 0 Å². The van der Waals surface area contributed by atoms with Crippen LogP contribution in [0.25, 0.3) is 0 Å². The SMILES string of the molecule is CCn1cc(N)cc1C(=O)OCC(=O)NC. The normalized spacial score (nSPS) is 9.88. The Bertz CT molecular complexity index is 398. The second-order valence-corrected chi connectivity index (χ2v) is 3.19. The Hall–Kier alpha value is -1.98. The van der Waals surface area contributed by atoms with Crippen molar-refractivity contribution in [1.82, 2.24) is 9.88 Å². The smallest absolute Gasteiger partial charge is 0.355 e. The van der Waals surface area contributed by atoms with Gasteiger partial charge in [0.1, 0.15) is 5.69 Å². The van der Waals surface area contributed by atoms with Gasteiger partial charge in [0.05, 0.1) is 5.69 Å². The van der Waals surface area contributed by atoms with Gasteiger partial charge in [-0.25, -0.2) is 4.79 Å². The van der Waals surface area contributed by atoms with Crippen LogP contribution in [0.3, 0.4) is 0 Å². The van der Waals surface area contributed by atoms with Crippen LogP contribution in [0, 0.1) is 0 Å². The van der Waals surface area contributed by atoms with Gasteiger partial charge < -0.3 is 20.4 Å². The molecule has 3 N–H and O–H groups in total. The molecule has 1 aromatic heterocycles. The summed E-state index contributed by atoms with van der Waals surface area (Å²) < 4.78 is 6.48. The fraction of sp³-hybridized carbons (Fsp3) is 0.400. The molecule has 0 spiro atoms. The number of carbonyl (C=O) groups is 2. The number of nitrogen functional groups attached to an aromatic ring is 1. The van der Waals surface area contributed by atoms with Crippen molar-refractivity contribution in [2.75, 3.05) is 19.4 Å². The van der Waals surface area contributed by atoms with E-state index < -0.39 is 5.97 Å². The largest absolute Gasteiger partial charge is 0.451 e. The van der Waals surface area contributed by atoms with E-state index in [9.17, 15) is 9.59 Å². The van der Waals surface area contributed by atoms with Crippen molar-refractivity contribution in [3.05, 3.63) is 18.0 Å². The van der Waals surface area contributed by atoms with Crippen molar-refractivity contribution < 1.29 is 14.3 Å². The standard InChI is InChI=1S/C10H15N3O3/c1-3-13-5-7(11)4-8(13)10(15)16-6-9(14)12-2/h4-5H,3,6,11H2,1-2H3,(H,12,14). The minimum atomic E-state index is -0.554. The molecule has 0 radical (unpaired) electrons. The molecule has 0 atom stereocenters. The molecule has 0 fully saturated rings. The summed E-state index contributed by atoms with van der Waals surface area (Å²) >= 11 is 0. The average Bonchev–Trinajstić information content (AvgIpc) is 2.66. The minimum absolute atomic E-state index is 0.288. The highest BCUT2D eigenvalue weighted by molar-refractivity contribution is 5.91. The number of nitrogens with two attached hydrogens (primary N) is 1. The summed E-state index contributed by atoms with van der Waals surface area (Å²) in [5.41, 5.74) is 6.41. The van der Waals surface area contributed by atoms with Gasteiger partial charge in [0.15, 0.2) is 6.61 Å². The van der Waals surface area contributed by atoms with Gasteiger partial charge in [0.25, 0.3) is 5.91 Å². The highest BCUT2D eigenvalue weighted by Gasteiger charge is 2.14. The first-order valence-corrected chi connectivity index (χ1v) is 4.91. The van der Waals surface area contributed by atoms with Crippen molar-refractivity contribution >= 4 is 17.6 Å². The Kier molecular flexibility index (Phi) is 3.93. The molecule has 0 aliphatic carbocycles. The number of carbonyl (C=O) groups excluding carboxylic acids is 2. The predicted octanol–water partition coefficient (Wildman–Crippen LogP) is -0.00700. The summed E-state index contributed by atoms with van der Waals surface area (Å²) in [5, 5.41) is 2.36. The molecule has 0 aromatic carbocycles. The number of nitrogens with zero attached hydrogens (tertiary/aromatic N) is 1. The summed E-state index contributed by atoms with van der Waals surface area (Å²) in [6, 6.07) is 1.52. The third kappa shape index (κ3) is 2.75. The van der Waals surface area contributed by atoms with Crippen LogP contribution in [0.4, 0.5) is 5.69 Å². The first-order valence-electron chi connectivity index (χ1n) is 4.91. The fourth-order valence-electron chi connectivity index (χ4n) is 1.24. The molecule has 0 saturated carbocycles. The average molecular weight is 225 g/mol. The summed E-state index contributed by atoms with van der Waals surface area (Å²) in [7, 11) is 1.48. The molecule has 0 aliphatic heterocycles. The summed E-state index contributed by atoms with van der Waals surface area (Å²) in [6.45, 7) is 2.21. The van der Waals surface area contributed by atoms with Gasteiger partial charge in [-0.3, -0.25) is 4.79 Å². The van der Waals surface area contributed by atoms with Gasteiger partial charge in [-0.1, -0.05) is 0 Å². The van der Waals surface area contributed by atoms with E-state index in [1.165, 1.54) is 13.1 Å². The lowest BCUT2D eigenvalue weighted by molar-refractivity contribution is -0.123. The van der Waals surface area contributed by atoms with Crippen LogP contribution in [-0.2, 0) is 16.1 Å². The van der Waals surface area contributed by atoms with E-state index in [0.29, 0.717) is 17.9 Å². The van der Waals surface area contributed by atoms with E-state index in [1.54, 1.807) is 10.8 Å². The maximum Gasteiger partial charge on any atom is 0.355 e. The van der Waals surface area contributed by atoms with Gasteiger partial charge in [0, 0.05) is 19.8 Å². The lowest BCUT2D eigenvalue weighted by Crippen LogP contribution is -2.25. The molecule has 0 saturated heterocycles. The van der Waals surface area contributed by atoms with Crippen molar-refractivity contribution in [1.29, 1.82) is 0 Å². The molecule has 0 unspecified atom stereocenters. The van der Waals surface area contributed by atoms with Gasteiger partial charge >= 0.3 is 5.97 Å². The number of aryl methyl sites for hydroxylation is 1. The van der Waals surface area contributed by atoms with Crippen LogP contribution in [0.15, 0.2) is 12.3 Å². The van der Waals surface area contributed by atoms with Gasteiger partial charge in [0.2, 0.25) is 0 Å². The number of aromatic nitrogens is 1. The van der Waals surface area contributed by atoms with Crippen LogP contribution >= 0.6 is 0 Å². The lowest BCUT2D eigenvalue weighted by atomic mass is 10.4. The number of anilines is 1. The topological polar surface area (TPSA) is 86.3 Å². The molecule has 88 valence electrons. The highest BCUT2D eigenvalue weighted by Crippen LogP contribution is 2.11. The first kappa shape index (κ1) is 12.1. The zero-order chi connectivity index (χ0) is 12.1. The summed E-state index contributed by atoms with van der Waals surface area (Å²) in [4.78, 5) is 22.5. The second kappa shape index (κ2) is 5.20. The molecule has 0 aliphatic rings. The number of nitrogens with one attached hydrogen (secondary N) is 1. The van der Waals surface area contributed by atoms with Crippen LogP contribution in [0.1, 0.15) is 17.4 Å². The van der Waals surface area contributed by atoms with E-state index in [-0.39, 0.29) is 12.5 Å². The minimum Gasteiger partial charge on any atom is -0.451 e. The zero-order valence-electron chi connectivity index (χ0n) is 9.32. The van der Waals surface area contributed by atoms with Crippen LogP contribution < -0.4 is 11.1 Å². The lowest BCUT2D eigenvalue weighted by Gasteiger charge is -2.06. The van der Waals surface area contributed by atoms with Crippen molar-refractivity contribution in [2.45, 2.75) is 13.5 Å². The molecule has 16 heavy (non-hydrogen) atoms. The number of hydrogen-bond acceptors (Lipinski definition) is 4. The first-order chi connectivity index (χ1) is 7.58. The molecule has 6 heteroatoms. The number of hydrogen-bond donors (Lipinski definition) is 2. The second-order valence-electron chi connectivity index (χ2n) is 3.19. The summed E-state index contributed by atoms with van der Waals surface area (Å²) in [5.74, 6) is -0.905. The number of rotatable bonds is 4. The van der Waals surface area contributed by atoms with E-state index in [2.05, 4.69) is 5.32 Å². The van der Waals surface area contributed by atoms with Crippen LogP contribution in [-0.4, -0.2) is 30.1 Å². The molecule has 1 rings (SSSR count). The predicted molar refractivity (Wildman–Crippen MR) is 58.9 cm³/mol. The number of esters is 1.